The summed E-state index contributed by atoms with van der Waals surface area (Å²) in [5.41, 5.74) is 8.54. The number of rotatable bonds is 7. The summed E-state index contributed by atoms with van der Waals surface area (Å²) in [7, 11) is 0. The van der Waals surface area contributed by atoms with Gasteiger partial charge in [0.1, 0.15) is 5.75 Å². The Morgan fingerprint density at radius 2 is 1.62 bits per heavy atom. The molecule has 1 atom stereocenters. The molecule has 2 aromatic carbocycles. The Hall–Kier alpha value is -1.80. The predicted octanol–water partition coefficient (Wildman–Crippen LogP) is 4.01. The average Bonchev–Trinajstić information content (AvgIpc) is 2.52. The first-order valence-electron chi connectivity index (χ1n) is 7.65. The van der Waals surface area contributed by atoms with Gasteiger partial charge in [0.15, 0.2) is 0 Å². The number of ether oxygens (including phenoxy) is 1. The number of hydrogen-bond donors (Lipinski definition) is 1. The molecule has 0 aliphatic carbocycles. The molecule has 1 unspecified atom stereocenters. The van der Waals surface area contributed by atoms with E-state index < -0.39 is 0 Å². The Morgan fingerprint density at radius 3 is 2.19 bits per heavy atom. The lowest BCUT2D eigenvalue weighted by molar-refractivity contribution is 0.271. The molecule has 0 fully saturated rings. The first-order chi connectivity index (χ1) is 10.2. The summed E-state index contributed by atoms with van der Waals surface area (Å²) < 4.78 is 5.71. The van der Waals surface area contributed by atoms with E-state index >= 15 is 0 Å². The maximum Gasteiger partial charge on any atom is 0.119 e. The molecule has 0 amide bonds. The molecule has 0 saturated carbocycles. The zero-order valence-corrected chi connectivity index (χ0v) is 13.0. The van der Waals surface area contributed by atoms with Crippen molar-refractivity contribution in [2.24, 2.45) is 11.7 Å². The molecule has 0 spiro atoms. The van der Waals surface area contributed by atoms with Gasteiger partial charge >= 0.3 is 0 Å². The van der Waals surface area contributed by atoms with Crippen LogP contribution in [0.3, 0.4) is 0 Å². The molecule has 2 heteroatoms. The van der Waals surface area contributed by atoms with Crippen LogP contribution < -0.4 is 10.5 Å². The molecule has 2 rings (SSSR count). The van der Waals surface area contributed by atoms with Gasteiger partial charge in [-0.15, -0.1) is 0 Å². The van der Waals surface area contributed by atoms with Crippen LogP contribution in [-0.4, -0.2) is 13.2 Å². The molecule has 0 bridgehead atoms. The van der Waals surface area contributed by atoms with Gasteiger partial charge in [-0.2, -0.15) is 0 Å². The molecule has 2 N–H and O–H groups in total. The van der Waals surface area contributed by atoms with Crippen molar-refractivity contribution >= 4 is 0 Å². The lowest BCUT2D eigenvalue weighted by Gasteiger charge is -2.16. The summed E-state index contributed by atoms with van der Waals surface area (Å²) in [6.07, 6.45) is 0.963. The van der Waals surface area contributed by atoms with E-state index in [-0.39, 0.29) is 0 Å². The topological polar surface area (TPSA) is 35.2 Å². The third-order valence-corrected chi connectivity index (χ3v) is 3.54. The van der Waals surface area contributed by atoms with Crippen LogP contribution in [0.1, 0.15) is 30.9 Å². The van der Waals surface area contributed by atoms with E-state index in [9.17, 15) is 0 Å². The molecule has 2 aromatic rings. The van der Waals surface area contributed by atoms with Crippen LogP contribution in [0.15, 0.2) is 54.6 Å². The molecule has 21 heavy (non-hydrogen) atoms. The van der Waals surface area contributed by atoms with Gasteiger partial charge in [0.2, 0.25) is 0 Å². The lowest BCUT2D eigenvalue weighted by Crippen LogP contribution is -2.15. The number of nitrogens with two attached hydrogens (primary N) is 1. The Balaban J connectivity index is 1.98. The second kappa shape index (κ2) is 7.84. The van der Waals surface area contributed by atoms with Crippen LogP contribution in [0, 0.1) is 5.92 Å². The van der Waals surface area contributed by atoms with Gasteiger partial charge < -0.3 is 10.5 Å². The summed E-state index contributed by atoms with van der Waals surface area (Å²) in [5.74, 6) is 1.86. The highest BCUT2D eigenvalue weighted by Gasteiger charge is 2.10. The zero-order valence-electron chi connectivity index (χ0n) is 13.0. The van der Waals surface area contributed by atoms with E-state index in [2.05, 4.69) is 62.4 Å². The zero-order chi connectivity index (χ0) is 15.1. The number of benzene rings is 2. The molecule has 0 aromatic heterocycles. The van der Waals surface area contributed by atoms with Crippen LogP contribution in [0.25, 0.3) is 0 Å². The highest BCUT2D eigenvalue weighted by Crippen LogP contribution is 2.21. The predicted molar refractivity (Wildman–Crippen MR) is 88.7 cm³/mol. The minimum Gasteiger partial charge on any atom is -0.493 e. The second-order valence-corrected chi connectivity index (χ2v) is 5.90. The molecule has 112 valence electrons. The van der Waals surface area contributed by atoms with Crippen molar-refractivity contribution in [3.05, 3.63) is 65.7 Å². The van der Waals surface area contributed by atoms with Gasteiger partial charge in [-0.25, -0.2) is 0 Å². The standard InChI is InChI=1S/C19H25NO/c1-15(2)14-21-19-10-8-16(9-11-19)12-18(13-20)17-6-4-3-5-7-17/h3-11,15,18H,12-14,20H2,1-2H3. The van der Waals surface area contributed by atoms with Crippen molar-refractivity contribution in [3.8, 4) is 5.75 Å². The summed E-state index contributed by atoms with van der Waals surface area (Å²) >= 11 is 0. The first-order valence-corrected chi connectivity index (χ1v) is 7.65. The summed E-state index contributed by atoms with van der Waals surface area (Å²) in [4.78, 5) is 0. The van der Waals surface area contributed by atoms with Crippen LogP contribution in [0.4, 0.5) is 0 Å². The Bertz CT molecular complexity index is 519. The fraction of sp³-hybridized carbons (Fsp3) is 0.368. The smallest absolute Gasteiger partial charge is 0.119 e. The highest BCUT2D eigenvalue weighted by molar-refractivity contribution is 5.30. The van der Waals surface area contributed by atoms with E-state index in [1.807, 2.05) is 6.07 Å². The average molecular weight is 283 g/mol. The van der Waals surface area contributed by atoms with Gasteiger partial charge in [0.05, 0.1) is 6.61 Å². The third-order valence-electron chi connectivity index (χ3n) is 3.54. The molecule has 0 aliphatic rings. The Kier molecular flexibility index (Phi) is 5.82. The SMILES string of the molecule is CC(C)COc1ccc(CC(CN)c2ccccc2)cc1. The molecular formula is C19H25NO. The molecule has 0 saturated heterocycles. The largest absolute Gasteiger partial charge is 0.493 e. The normalized spacial score (nSPS) is 12.4. The summed E-state index contributed by atoms with van der Waals surface area (Å²) in [6, 6.07) is 18.9. The molecular weight excluding hydrogens is 258 g/mol. The van der Waals surface area contributed by atoms with Gasteiger partial charge in [-0.05, 0) is 42.1 Å². The van der Waals surface area contributed by atoms with Crippen LogP contribution in [0.5, 0.6) is 5.75 Å². The van der Waals surface area contributed by atoms with Gasteiger partial charge in [0, 0.05) is 5.92 Å². The van der Waals surface area contributed by atoms with E-state index in [1.165, 1.54) is 11.1 Å². The van der Waals surface area contributed by atoms with Gasteiger partial charge in [-0.3, -0.25) is 0 Å². The van der Waals surface area contributed by atoms with Gasteiger partial charge in [-0.1, -0.05) is 56.3 Å². The van der Waals surface area contributed by atoms with E-state index in [0.29, 0.717) is 18.4 Å². The Labute approximate surface area is 127 Å². The first kappa shape index (κ1) is 15.6. The monoisotopic (exact) mass is 283 g/mol. The Morgan fingerprint density at radius 1 is 0.952 bits per heavy atom. The minimum atomic E-state index is 0.369. The van der Waals surface area contributed by atoms with Crippen molar-refractivity contribution in [1.82, 2.24) is 0 Å². The van der Waals surface area contributed by atoms with Crippen molar-refractivity contribution in [3.63, 3.8) is 0 Å². The summed E-state index contributed by atoms with van der Waals surface area (Å²) in [6.45, 7) is 5.73. The van der Waals surface area contributed by atoms with Crippen LogP contribution >= 0.6 is 0 Å². The van der Waals surface area contributed by atoms with Gasteiger partial charge in [0.25, 0.3) is 0 Å². The van der Waals surface area contributed by atoms with Crippen molar-refractivity contribution in [2.45, 2.75) is 26.2 Å². The fourth-order valence-electron chi connectivity index (χ4n) is 2.33. The minimum absolute atomic E-state index is 0.369. The molecule has 0 heterocycles. The lowest BCUT2D eigenvalue weighted by atomic mass is 9.92. The molecule has 0 radical (unpaired) electrons. The highest BCUT2D eigenvalue weighted by atomic mass is 16.5. The van der Waals surface area contributed by atoms with E-state index in [1.54, 1.807) is 0 Å². The van der Waals surface area contributed by atoms with Crippen molar-refractivity contribution in [1.29, 1.82) is 0 Å². The maximum atomic E-state index is 5.94. The quantitative estimate of drug-likeness (QED) is 0.833. The van der Waals surface area contributed by atoms with Crippen molar-refractivity contribution in [2.75, 3.05) is 13.2 Å². The van der Waals surface area contributed by atoms with Crippen LogP contribution in [0.2, 0.25) is 0 Å². The second-order valence-electron chi connectivity index (χ2n) is 5.90. The van der Waals surface area contributed by atoms with E-state index in [4.69, 9.17) is 10.5 Å². The van der Waals surface area contributed by atoms with Crippen LogP contribution in [-0.2, 0) is 6.42 Å². The number of hydrogen-bond acceptors (Lipinski definition) is 2. The fourth-order valence-corrected chi connectivity index (χ4v) is 2.33. The molecule has 0 aliphatic heterocycles. The van der Waals surface area contributed by atoms with Crippen molar-refractivity contribution < 1.29 is 4.74 Å². The van der Waals surface area contributed by atoms with E-state index in [0.717, 1.165) is 18.8 Å². The maximum absolute atomic E-state index is 5.94. The molecule has 2 nitrogen and oxygen atoms in total. The third kappa shape index (κ3) is 4.91. The summed E-state index contributed by atoms with van der Waals surface area (Å²) in [5, 5.41) is 0.